The number of carboxylic acid groups (broad SMARTS) is 1. The lowest BCUT2D eigenvalue weighted by molar-refractivity contribution is -0.158. The molecule has 0 radical (unpaired) electrons. The molecule has 2 N–H and O–H groups in total. The van der Waals surface area contributed by atoms with E-state index in [2.05, 4.69) is 17.4 Å². The van der Waals surface area contributed by atoms with E-state index >= 15 is 0 Å². The smallest absolute Gasteiger partial charge is 0.332 e. The number of nitrogens with zero attached hydrogens (tertiary/aromatic N) is 1. The van der Waals surface area contributed by atoms with Crippen LogP contribution in [-0.2, 0) is 28.7 Å². The minimum atomic E-state index is -1.69. The molecule has 0 aromatic heterocycles. The van der Waals surface area contributed by atoms with Gasteiger partial charge in [0.2, 0.25) is 5.91 Å². The van der Waals surface area contributed by atoms with Crippen LogP contribution in [0.5, 0.6) is 0 Å². The van der Waals surface area contributed by atoms with Crippen LogP contribution in [0.2, 0.25) is 0 Å². The Morgan fingerprint density at radius 2 is 1.30 bits per heavy atom. The zero-order valence-electron chi connectivity index (χ0n) is 22.8. The van der Waals surface area contributed by atoms with Gasteiger partial charge in [0, 0.05) is 13.3 Å². The first-order valence-electron chi connectivity index (χ1n) is 13.9. The maximum atomic E-state index is 12.2. The van der Waals surface area contributed by atoms with Crippen molar-refractivity contribution in [1.29, 1.82) is 0 Å². The molecule has 2 unspecified atom stereocenters. The molecule has 214 valence electrons. The number of aliphatic carboxylic acids is 1. The molecule has 0 aliphatic carbocycles. The van der Waals surface area contributed by atoms with E-state index in [1.54, 1.807) is 0 Å². The van der Waals surface area contributed by atoms with Crippen LogP contribution in [0.1, 0.15) is 123 Å². The minimum absolute atomic E-state index is 0.179. The predicted molar refractivity (Wildman–Crippen MR) is 141 cm³/mol. The monoisotopic (exact) mass is 528 g/mol. The molecule has 0 aliphatic rings. The molecule has 0 aliphatic heterocycles. The third-order valence-corrected chi connectivity index (χ3v) is 6.07. The number of unbranched alkanes of at least 4 members (excludes halogenated alkanes) is 14. The zero-order valence-corrected chi connectivity index (χ0v) is 22.8. The highest BCUT2D eigenvalue weighted by Gasteiger charge is 2.23. The van der Waals surface area contributed by atoms with Crippen molar-refractivity contribution in [3.63, 3.8) is 0 Å². The maximum Gasteiger partial charge on any atom is 0.332 e. The number of esters is 2. The first-order valence-corrected chi connectivity index (χ1v) is 13.9. The largest absolute Gasteiger partial charge is 0.480 e. The van der Waals surface area contributed by atoms with Crippen molar-refractivity contribution in [1.82, 2.24) is 5.32 Å². The van der Waals surface area contributed by atoms with Gasteiger partial charge in [-0.1, -0.05) is 102 Å². The van der Waals surface area contributed by atoms with Gasteiger partial charge in [0.1, 0.15) is 6.61 Å². The van der Waals surface area contributed by atoms with Crippen LogP contribution in [0, 0.1) is 4.91 Å². The Balaban J connectivity index is 3.95. The number of hydrogen-bond donors (Lipinski definition) is 2. The van der Waals surface area contributed by atoms with Crippen molar-refractivity contribution < 1.29 is 33.8 Å². The SMILES string of the molecule is CCCCCCCCCCCCCCCCCC(=O)OC(CNC(=O)CC(N=O)C(=O)O)COC(C)=O. The van der Waals surface area contributed by atoms with E-state index in [-0.39, 0.29) is 19.6 Å². The molecule has 0 rings (SSSR count). The summed E-state index contributed by atoms with van der Waals surface area (Å²) in [4.78, 5) is 56.4. The summed E-state index contributed by atoms with van der Waals surface area (Å²) in [6, 6.07) is -1.69. The summed E-state index contributed by atoms with van der Waals surface area (Å²) in [7, 11) is 0. The standard InChI is InChI=1S/C27H48N2O8/c1-3-4-5-6-7-8-9-10-11-12-13-14-15-16-17-18-26(32)37-23(21-36-22(2)30)20-28-25(31)19-24(29-35)27(33)34/h23-24H,3-21H2,1-2H3,(H,28,31)(H,33,34). The normalized spacial score (nSPS) is 12.4. The van der Waals surface area contributed by atoms with Gasteiger partial charge in [0.25, 0.3) is 0 Å². The van der Waals surface area contributed by atoms with Crippen LogP contribution in [0.3, 0.4) is 0 Å². The average molecular weight is 529 g/mol. The van der Waals surface area contributed by atoms with E-state index < -0.39 is 42.4 Å². The van der Waals surface area contributed by atoms with Gasteiger partial charge in [0.05, 0.1) is 13.0 Å². The fraction of sp³-hybridized carbons (Fsp3) is 0.852. The van der Waals surface area contributed by atoms with Gasteiger partial charge < -0.3 is 19.9 Å². The van der Waals surface area contributed by atoms with E-state index in [1.165, 1.54) is 77.6 Å². The number of carbonyl (C=O) groups excluding carboxylic acids is 3. The fourth-order valence-electron chi connectivity index (χ4n) is 3.88. The van der Waals surface area contributed by atoms with Gasteiger partial charge in [-0.15, -0.1) is 4.91 Å². The number of nitroso groups, excluding NO2 is 1. The summed E-state index contributed by atoms with van der Waals surface area (Å²) < 4.78 is 10.2. The second-order valence-electron chi connectivity index (χ2n) is 9.58. The van der Waals surface area contributed by atoms with Gasteiger partial charge in [-0.3, -0.25) is 14.4 Å². The summed E-state index contributed by atoms with van der Waals surface area (Å²) in [5, 5.41) is 13.6. The molecule has 0 saturated carbocycles. The van der Waals surface area contributed by atoms with Crippen molar-refractivity contribution >= 4 is 23.8 Å². The van der Waals surface area contributed by atoms with Gasteiger partial charge in [-0.2, -0.15) is 0 Å². The Kier molecular flexibility index (Phi) is 22.2. The number of carboxylic acids is 1. The van der Waals surface area contributed by atoms with Crippen molar-refractivity contribution in [2.75, 3.05) is 13.2 Å². The molecule has 37 heavy (non-hydrogen) atoms. The first-order chi connectivity index (χ1) is 17.8. The Bertz CT molecular complexity index is 656. The Morgan fingerprint density at radius 3 is 1.73 bits per heavy atom. The van der Waals surface area contributed by atoms with Crippen molar-refractivity contribution in [2.45, 2.75) is 135 Å². The summed E-state index contributed by atoms with van der Waals surface area (Å²) in [6.07, 6.45) is 17.1. The number of rotatable bonds is 25. The highest BCUT2D eigenvalue weighted by atomic mass is 16.6. The van der Waals surface area contributed by atoms with E-state index in [1.807, 2.05) is 0 Å². The lowest BCUT2D eigenvalue weighted by atomic mass is 10.0. The highest BCUT2D eigenvalue weighted by Crippen LogP contribution is 2.14. The van der Waals surface area contributed by atoms with Crippen LogP contribution in [-0.4, -0.2) is 54.2 Å². The summed E-state index contributed by atoms with van der Waals surface area (Å²) in [6.45, 7) is 3.03. The topological polar surface area (TPSA) is 148 Å². The van der Waals surface area contributed by atoms with Crippen LogP contribution >= 0.6 is 0 Å². The van der Waals surface area contributed by atoms with Crippen molar-refractivity contribution in [3.8, 4) is 0 Å². The van der Waals surface area contributed by atoms with Crippen LogP contribution in [0.4, 0.5) is 0 Å². The molecule has 10 nitrogen and oxygen atoms in total. The molecule has 0 fully saturated rings. The van der Waals surface area contributed by atoms with Gasteiger partial charge >= 0.3 is 17.9 Å². The average Bonchev–Trinajstić information content (AvgIpc) is 2.86. The van der Waals surface area contributed by atoms with Crippen molar-refractivity contribution in [2.24, 2.45) is 5.18 Å². The van der Waals surface area contributed by atoms with E-state index in [4.69, 9.17) is 14.6 Å². The number of ether oxygens (including phenoxy) is 2. The first kappa shape index (κ1) is 34.5. The minimum Gasteiger partial charge on any atom is -0.480 e. The molecular weight excluding hydrogens is 480 g/mol. The molecule has 2 atom stereocenters. The van der Waals surface area contributed by atoms with Crippen LogP contribution in [0.15, 0.2) is 5.18 Å². The Hall–Kier alpha value is -2.52. The lowest BCUT2D eigenvalue weighted by Crippen LogP contribution is -2.39. The summed E-state index contributed by atoms with van der Waals surface area (Å²) in [5.74, 6) is -3.26. The zero-order chi connectivity index (χ0) is 27.7. The van der Waals surface area contributed by atoms with E-state index in [0.717, 1.165) is 19.3 Å². The third-order valence-electron chi connectivity index (χ3n) is 6.07. The Morgan fingerprint density at radius 1 is 0.811 bits per heavy atom. The molecule has 1 amide bonds. The third kappa shape index (κ3) is 22.4. The molecule has 0 spiro atoms. The molecule has 0 bridgehead atoms. The fourth-order valence-corrected chi connectivity index (χ4v) is 3.88. The van der Waals surface area contributed by atoms with Crippen LogP contribution in [0.25, 0.3) is 0 Å². The van der Waals surface area contributed by atoms with Gasteiger partial charge in [-0.25, -0.2) is 4.79 Å². The Labute approximate surface area is 221 Å². The van der Waals surface area contributed by atoms with Crippen molar-refractivity contribution in [3.05, 3.63) is 4.91 Å². The molecule has 0 aromatic carbocycles. The highest BCUT2D eigenvalue weighted by molar-refractivity contribution is 5.84. The molecule has 10 heteroatoms. The number of carbonyl (C=O) groups is 4. The van der Waals surface area contributed by atoms with E-state index in [9.17, 15) is 24.1 Å². The number of amides is 1. The summed E-state index contributed by atoms with van der Waals surface area (Å²) in [5.41, 5.74) is 0. The molecule has 0 saturated heterocycles. The number of hydrogen-bond acceptors (Lipinski definition) is 8. The molecule has 0 aromatic rings. The predicted octanol–water partition coefficient (Wildman–Crippen LogP) is 5.45. The van der Waals surface area contributed by atoms with Crippen LogP contribution < -0.4 is 5.32 Å². The quantitative estimate of drug-likeness (QED) is 0.0902. The van der Waals surface area contributed by atoms with Gasteiger partial charge in [0.15, 0.2) is 12.1 Å². The van der Waals surface area contributed by atoms with Gasteiger partial charge in [-0.05, 0) is 6.42 Å². The number of nitrogens with one attached hydrogen (secondary N) is 1. The molecular formula is C27H48N2O8. The molecule has 0 heterocycles. The van der Waals surface area contributed by atoms with E-state index in [0.29, 0.717) is 6.42 Å². The maximum absolute atomic E-state index is 12.2. The second-order valence-corrected chi connectivity index (χ2v) is 9.58. The second kappa shape index (κ2) is 23.9. The summed E-state index contributed by atoms with van der Waals surface area (Å²) >= 11 is 0. The lowest BCUT2D eigenvalue weighted by Gasteiger charge is -2.18.